The van der Waals surface area contributed by atoms with Crippen LogP contribution in [-0.4, -0.2) is 22.3 Å². The lowest BCUT2D eigenvalue weighted by Gasteiger charge is -2.16. The summed E-state index contributed by atoms with van der Waals surface area (Å²) in [5.41, 5.74) is 2.99. The quantitative estimate of drug-likeness (QED) is 0.519. The zero-order valence-electron chi connectivity index (χ0n) is 16.4. The Morgan fingerprint density at radius 2 is 2.07 bits per heavy atom. The molecule has 5 nitrogen and oxygen atoms in total. The number of hydrogen-bond donors (Lipinski definition) is 0. The van der Waals surface area contributed by atoms with Crippen LogP contribution in [0.4, 0.5) is 0 Å². The second-order valence-corrected chi connectivity index (χ2v) is 6.99. The lowest BCUT2D eigenvalue weighted by atomic mass is 10.1. The fraction of sp³-hybridized carbons (Fsp3) is 0.273. The number of allylic oxidation sites excluding steroid dienone is 1. The van der Waals surface area contributed by atoms with Gasteiger partial charge in [-0.2, -0.15) is 5.26 Å². The standard InChI is InChI=1S/C22H22ClN3O2/c1-5-27-20-12-15(11-17(23)21(20)28-14(2)3)10-16(13-24)22-25-18-8-6-7-9-19(18)26(22)4/h6-12,14H,5H2,1-4H3/b16-10-. The number of rotatable bonds is 6. The number of para-hydroxylation sites is 2. The summed E-state index contributed by atoms with van der Waals surface area (Å²) in [4.78, 5) is 4.60. The molecule has 6 heteroatoms. The van der Waals surface area contributed by atoms with Gasteiger partial charge in [-0.3, -0.25) is 0 Å². The number of aromatic nitrogens is 2. The third-order valence-corrected chi connectivity index (χ3v) is 4.43. The number of hydrogen-bond acceptors (Lipinski definition) is 4. The van der Waals surface area contributed by atoms with E-state index in [-0.39, 0.29) is 6.10 Å². The van der Waals surface area contributed by atoms with Crippen molar-refractivity contribution in [2.45, 2.75) is 26.9 Å². The van der Waals surface area contributed by atoms with Crippen LogP contribution in [0.15, 0.2) is 36.4 Å². The lowest BCUT2D eigenvalue weighted by molar-refractivity contribution is 0.224. The summed E-state index contributed by atoms with van der Waals surface area (Å²) >= 11 is 6.44. The maximum Gasteiger partial charge on any atom is 0.180 e. The van der Waals surface area contributed by atoms with Crippen molar-refractivity contribution >= 4 is 34.3 Å². The molecule has 0 saturated carbocycles. The van der Waals surface area contributed by atoms with Gasteiger partial charge in [0.25, 0.3) is 0 Å². The van der Waals surface area contributed by atoms with Gasteiger partial charge in [0.05, 0.1) is 34.3 Å². The molecule has 0 fully saturated rings. The minimum atomic E-state index is -0.0345. The molecule has 3 rings (SSSR count). The lowest BCUT2D eigenvalue weighted by Crippen LogP contribution is -2.08. The Bertz CT molecular complexity index is 1080. The maximum absolute atomic E-state index is 9.75. The second-order valence-electron chi connectivity index (χ2n) is 6.58. The highest BCUT2D eigenvalue weighted by Gasteiger charge is 2.16. The molecule has 1 heterocycles. The summed E-state index contributed by atoms with van der Waals surface area (Å²) < 4.78 is 13.4. The molecule has 0 aliphatic heterocycles. The van der Waals surface area contributed by atoms with Crippen LogP contribution in [0.5, 0.6) is 11.5 Å². The predicted octanol–water partition coefficient (Wildman–Crippen LogP) is 5.48. The van der Waals surface area contributed by atoms with Gasteiger partial charge >= 0.3 is 0 Å². The molecular weight excluding hydrogens is 374 g/mol. The molecular formula is C22H22ClN3O2. The molecule has 1 aromatic heterocycles. The Hall–Kier alpha value is -2.97. The highest BCUT2D eigenvalue weighted by atomic mass is 35.5. The van der Waals surface area contributed by atoms with Gasteiger partial charge in [-0.15, -0.1) is 0 Å². The summed E-state index contributed by atoms with van der Waals surface area (Å²) in [6, 6.07) is 13.6. The fourth-order valence-electron chi connectivity index (χ4n) is 2.98. The molecule has 0 radical (unpaired) electrons. The Morgan fingerprint density at radius 3 is 2.71 bits per heavy atom. The number of benzene rings is 2. The number of ether oxygens (including phenoxy) is 2. The Balaban J connectivity index is 2.09. The van der Waals surface area contributed by atoms with E-state index in [0.29, 0.717) is 34.5 Å². The van der Waals surface area contributed by atoms with Gasteiger partial charge in [-0.1, -0.05) is 23.7 Å². The van der Waals surface area contributed by atoms with Crippen molar-refractivity contribution in [3.63, 3.8) is 0 Å². The molecule has 0 bridgehead atoms. The van der Waals surface area contributed by atoms with E-state index in [4.69, 9.17) is 21.1 Å². The van der Waals surface area contributed by atoms with E-state index in [9.17, 15) is 5.26 Å². The first-order chi connectivity index (χ1) is 13.4. The normalized spacial score (nSPS) is 11.7. The summed E-state index contributed by atoms with van der Waals surface area (Å²) in [6.07, 6.45) is 1.72. The van der Waals surface area contributed by atoms with Crippen LogP contribution < -0.4 is 9.47 Å². The van der Waals surface area contributed by atoms with Gasteiger partial charge in [-0.05, 0) is 56.7 Å². The zero-order chi connectivity index (χ0) is 20.3. The second kappa shape index (κ2) is 8.37. The van der Waals surface area contributed by atoms with Gasteiger partial charge in [0.2, 0.25) is 0 Å². The van der Waals surface area contributed by atoms with E-state index in [0.717, 1.165) is 16.6 Å². The van der Waals surface area contributed by atoms with Crippen molar-refractivity contribution in [3.8, 4) is 17.6 Å². The van der Waals surface area contributed by atoms with Crippen LogP contribution in [0, 0.1) is 11.3 Å². The van der Waals surface area contributed by atoms with Crippen molar-refractivity contribution in [3.05, 3.63) is 52.8 Å². The molecule has 3 aromatic rings. The molecule has 0 spiro atoms. The summed E-state index contributed by atoms with van der Waals surface area (Å²) in [7, 11) is 1.90. The Morgan fingerprint density at radius 1 is 1.32 bits per heavy atom. The molecule has 28 heavy (non-hydrogen) atoms. The van der Waals surface area contributed by atoms with Gasteiger partial charge in [0.15, 0.2) is 17.3 Å². The largest absolute Gasteiger partial charge is 0.490 e. The Labute approximate surface area is 169 Å². The van der Waals surface area contributed by atoms with Gasteiger partial charge in [0, 0.05) is 7.05 Å². The third kappa shape index (κ3) is 3.97. The molecule has 0 unspecified atom stereocenters. The van der Waals surface area contributed by atoms with Crippen molar-refractivity contribution in [1.29, 1.82) is 5.26 Å². The first kappa shape index (κ1) is 19.8. The zero-order valence-corrected chi connectivity index (χ0v) is 17.1. The third-order valence-electron chi connectivity index (χ3n) is 4.14. The number of halogens is 1. The van der Waals surface area contributed by atoms with Crippen molar-refractivity contribution in [2.24, 2.45) is 7.05 Å². The smallest absolute Gasteiger partial charge is 0.180 e. The topological polar surface area (TPSA) is 60.1 Å². The Kier molecular flexibility index (Phi) is 5.91. The van der Waals surface area contributed by atoms with Gasteiger partial charge in [-0.25, -0.2) is 4.98 Å². The van der Waals surface area contributed by atoms with Crippen molar-refractivity contribution < 1.29 is 9.47 Å². The molecule has 0 aliphatic carbocycles. The summed E-state index contributed by atoms with van der Waals surface area (Å²) in [5, 5.41) is 10.2. The van der Waals surface area contributed by atoms with E-state index >= 15 is 0 Å². The minimum absolute atomic E-state index is 0.0345. The fourth-order valence-corrected chi connectivity index (χ4v) is 3.25. The highest BCUT2D eigenvalue weighted by Crippen LogP contribution is 2.38. The average Bonchev–Trinajstić information content (AvgIpc) is 2.99. The predicted molar refractivity (Wildman–Crippen MR) is 113 cm³/mol. The van der Waals surface area contributed by atoms with Crippen LogP contribution in [0.2, 0.25) is 5.02 Å². The molecule has 0 amide bonds. The van der Waals surface area contributed by atoms with E-state index in [1.54, 1.807) is 12.1 Å². The van der Waals surface area contributed by atoms with E-state index in [2.05, 4.69) is 11.1 Å². The van der Waals surface area contributed by atoms with Crippen LogP contribution >= 0.6 is 11.6 Å². The van der Waals surface area contributed by atoms with E-state index < -0.39 is 0 Å². The number of fused-ring (bicyclic) bond motifs is 1. The number of nitriles is 1. The number of aryl methyl sites for hydroxylation is 1. The van der Waals surface area contributed by atoms with Crippen LogP contribution in [0.25, 0.3) is 22.7 Å². The molecule has 0 N–H and O–H groups in total. The highest BCUT2D eigenvalue weighted by molar-refractivity contribution is 6.32. The first-order valence-electron chi connectivity index (χ1n) is 9.11. The van der Waals surface area contributed by atoms with Gasteiger partial charge in [0.1, 0.15) is 6.07 Å². The van der Waals surface area contributed by atoms with Gasteiger partial charge < -0.3 is 14.0 Å². The molecule has 0 saturated heterocycles. The molecule has 144 valence electrons. The van der Waals surface area contributed by atoms with Crippen LogP contribution in [0.1, 0.15) is 32.2 Å². The van der Waals surface area contributed by atoms with Crippen LogP contribution in [0.3, 0.4) is 0 Å². The average molecular weight is 396 g/mol. The summed E-state index contributed by atoms with van der Waals surface area (Å²) in [6.45, 7) is 6.24. The van der Waals surface area contributed by atoms with Crippen LogP contribution in [-0.2, 0) is 7.05 Å². The molecule has 0 aliphatic rings. The summed E-state index contributed by atoms with van der Waals surface area (Å²) in [5.74, 6) is 1.66. The van der Waals surface area contributed by atoms with E-state index in [1.807, 2.05) is 62.7 Å². The first-order valence-corrected chi connectivity index (χ1v) is 9.49. The molecule has 2 aromatic carbocycles. The molecule has 0 atom stereocenters. The van der Waals surface area contributed by atoms with Crippen molar-refractivity contribution in [1.82, 2.24) is 9.55 Å². The van der Waals surface area contributed by atoms with Crippen molar-refractivity contribution in [2.75, 3.05) is 6.61 Å². The number of nitrogens with zero attached hydrogens (tertiary/aromatic N) is 3. The monoisotopic (exact) mass is 395 g/mol. The maximum atomic E-state index is 9.75. The SMILES string of the molecule is CCOc1cc(/C=C(/C#N)c2nc3ccccc3n2C)cc(Cl)c1OC(C)C. The van der Waals surface area contributed by atoms with E-state index in [1.165, 1.54) is 0 Å². The number of imidazole rings is 1. The minimum Gasteiger partial charge on any atom is -0.490 e.